The SMILES string of the molecule is Cc1nc(CNC(=O)Oc2ccccc2)sc1Cc1ccccc1. The monoisotopic (exact) mass is 338 g/mol. The molecule has 2 aromatic carbocycles. The van der Waals surface area contributed by atoms with E-state index in [1.54, 1.807) is 23.5 Å². The van der Waals surface area contributed by atoms with Crippen LogP contribution in [0, 0.1) is 6.92 Å². The number of carbonyl (C=O) groups excluding carboxylic acids is 1. The zero-order valence-corrected chi connectivity index (χ0v) is 14.2. The van der Waals surface area contributed by atoms with E-state index >= 15 is 0 Å². The van der Waals surface area contributed by atoms with Gasteiger partial charge in [0.25, 0.3) is 0 Å². The molecule has 24 heavy (non-hydrogen) atoms. The Balaban J connectivity index is 1.56. The summed E-state index contributed by atoms with van der Waals surface area (Å²) >= 11 is 1.62. The largest absolute Gasteiger partial charge is 0.412 e. The average Bonchev–Trinajstić information content (AvgIpc) is 2.95. The molecule has 0 atom stereocenters. The molecule has 5 heteroatoms. The number of carbonyl (C=O) groups is 1. The summed E-state index contributed by atoms with van der Waals surface area (Å²) in [7, 11) is 0. The van der Waals surface area contributed by atoms with Crippen LogP contribution in [0.15, 0.2) is 60.7 Å². The van der Waals surface area contributed by atoms with Crippen molar-refractivity contribution in [2.75, 3.05) is 0 Å². The summed E-state index contributed by atoms with van der Waals surface area (Å²) in [6.07, 6.45) is 0.386. The minimum absolute atomic E-state index is 0.367. The topological polar surface area (TPSA) is 51.2 Å². The first-order chi connectivity index (χ1) is 11.7. The standard InChI is InChI=1S/C19H18N2O2S/c1-14-17(12-15-8-4-2-5-9-15)24-18(21-14)13-20-19(22)23-16-10-6-3-7-11-16/h2-11H,12-13H2,1H3,(H,20,22). The molecule has 0 bridgehead atoms. The van der Waals surface area contributed by atoms with Crippen molar-refractivity contribution in [1.29, 1.82) is 0 Å². The number of para-hydroxylation sites is 1. The second-order valence-electron chi connectivity index (χ2n) is 5.33. The third-order valence-corrected chi connectivity index (χ3v) is 4.64. The molecule has 0 aliphatic rings. The van der Waals surface area contributed by atoms with E-state index in [1.807, 2.05) is 43.3 Å². The molecule has 1 N–H and O–H groups in total. The van der Waals surface area contributed by atoms with Gasteiger partial charge in [-0.05, 0) is 24.6 Å². The van der Waals surface area contributed by atoms with Gasteiger partial charge in [-0.2, -0.15) is 0 Å². The Morgan fingerprint density at radius 3 is 2.46 bits per heavy atom. The number of benzene rings is 2. The number of amides is 1. The van der Waals surface area contributed by atoms with Gasteiger partial charge in [-0.25, -0.2) is 9.78 Å². The highest BCUT2D eigenvalue weighted by Crippen LogP contribution is 2.21. The summed E-state index contributed by atoms with van der Waals surface area (Å²) in [6, 6.07) is 19.3. The van der Waals surface area contributed by atoms with Crippen molar-refractivity contribution in [3.63, 3.8) is 0 Å². The summed E-state index contributed by atoms with van der Waals surface area (Å²) in [4.78, 5) is 17.6. The fourth-order valence-corrected chi connectivity index (χ4v) is 3.33. The maximum atomic E-state index is 11.8. The fourth-order valence-electron chi connectivity index (χ4n) is 2.29. The number of aryl methyl sites for hydroxylation is 1. The van der Waals surface area contributed by atoms with E-state index in [4.69, 9.17) is 4.74 Å². The number of aromatic nitrogens is 1. The number of hydrogen-bond donors (Lipinski definition) is 1. The van der Waals surface area contributed by atoms with E-state index in [2.05, 4.69) is 22.4 Å². The molecule has 3 aromatic rings. The minimum Gasteiger partial charge on any atom is -0.410 e. The molecule has 0 saturated carbocycles. The lowest BCUT2D eigenvalue weighted by molar-refractivity contribution is 0.200. The molecule has 122 valence electrons. The second-order valence-corrected chi connectivity index (χ2v) is 6.50. The highest BCUT2D eigenvalue weighted by Gasteiger charge is 2.10. The Kier molecular flexibility index (Phi) is 5.23. The molecule has 1 aromatic heterocycles. The lowest BCUT2D eigenvalue weighted by atomic mass is 10.1. The first kappa shape index (κ1) is 16.2. The van der Waals surface area contributed by atoms with E-state index in [-0.39, 0.29) is 0 Å². The molecule has 0 spiro atoms. The third-order valence-electron chi connectivity index (χ3n) is 3.48. The highest BCUT2D eigenvalue weighted by molar-refractivity contribution is 7.11. The maximum Gasteiger partial charge on any atom is 0.412 e. The normalized spacial score (nSPS) is 10.4. The van der Waals surface area contributed by atoms with Gasteiger partial charge in [-0.3, -0.25) is 0 Å². The number of nitrogens with one attached hydrogen (secondary N) is 1. The van der Waals surface area contributed by atoms with Gasteiger partial charge in [0.15, 0.2) is 0 Å². The molecule has 0 saturated heterocycles. The second kappa shape index (κ2) is 7.75. The predicted molar refractivity (Wildman–Crippen MR) is 95.4 cm³/mol. The van der Waals surface area contributed by atoms with E-state index in [9.17, 15) is 4.79 Å². The Labute approximate surface area is 145 Å². The summed E-state index contributed by atoms with van der Waals surface area (Å²) in [5, 5.41) is 3.62. The average molecular weight is 338 g/mol. The molecule has 0 radical (unpaired) electrons. The van der Waals surface area contributed by atoms with E-state index in [1.165, 1.54) is 10.4 Å². The van der Waals surface area contributed by atoms with Crippen molar-refractivity contribution in [2.24, 2.45) is 0 Å². The van der Waals surface area contributed by atoms with Crippen LogP contribution in [0.2, 0.25) is 0 Å². The van der Waals surface area contributed by atoms with Crippen molar-refractivity contribution in [3.8, 4) is 5.75 Å². The first-order valence-electron chi connectivity index (χ1n) is 7.70. The van der Waals surface area contributed by atoms with Crippen LogP contribution in [0.3, 0.4) is 0 Å². The Morgan fingerprint density at radius 2 is 1.75 bits per heavy atom. The Hall–Kier alpha value is -2.66. The van der Waals surface area contributed by atoms with Gasteiger partial charge in [-0.15, -0.1) is 11.3 Å². The summed E-state index contributed by atoms with van der Waals surface area (Å²) < 4.78 is 5.20. The van der Waals surface area contributed by atoms with Crippen molar-refractivity contribution in [1.82, 2.24) is 10.3 Å². The summed E-state index contributed by atoms with van der Waals surface area (Å²) in [5.74, 6) is 0.523. The van der Waals surface area contributed by atoms with Crippen molar-refractivity contribution >= 4 is 17.4 Å². The van der Waals surface area contributed by atoms with Crippen molar-refractivity contribution < 1.29 is 9.53 Å². The molecule has 0 aliphatic carbocycles. The smallest absolute Gasteiger partial charge is 0.410 e. The molecule has 0 unspecified atom stereocenters. The van der Waals surface area contributed by atoms with Crippen molar-refractivity contribution in [3.05, 3.63) is 81.8 Å². The van der Waals surface area contributed by atoms with Gasteiger partial charge in [0.05, 0.1) is 12.2 Å². The molecule has 1 amide bonds. The van der Waals surface area contributed by atoms with Crippen LogP contribution in [-0.2, 0) is 13.0 Å². The first-order valence-corrected chi connectivity index (χ1v) is 8.52. The number of thiazole rings is 1. The molecule has 4 nitrogen and oxygen atoms in total. The van der Waals surface area contributed by atoms with Gasteiger partial charge < -0.3 is 10.1 Å². The van der Waals surface area contributed by atoms with Gasteiger partial charge in [0.2, 0.25) is 0 Å². The Bertz CT molecular complexity index is 801. The van der Waals surface area contributed by atoms with E-state index in [0.29, 0.717) is 12.3 Å². The van der Waals surface area contributed by atoms with Gasteiger partial charge in [0, 0.05) is 11.3 Å². The minimum atomic E-state index is -0.473. The van der Waals surface area contributed by atoms with E-state index in [0.717, 1.165) is 17.1 Å². The quantitative estimate of drug-likeness (QED) is 0.753. The maximum absolute atomic E-state index is 11.8. The molecule has 0 fully saturated rings. The lowest BCUT2D eigenvalue weighted by Crippen LogP contribution is -2.26. The molecule has 1 heterocycles. The van der Waals surface area contributed by atoms with Crippen LogP contribution >= 0.6 is 11.3 Å². The summed E-state index contributed by atoms with van der Waals surface area (Å²) in [5.41, 5.74) is 2.27. The summed E-state index contributed by atoms with van der Waals surface area (Å²) in [6.45, 7) is 2.37. The van der Waals surface area contributed by atoms with Gasteiger partial charge in [0.1, 0.15) is 10.8 Å². The molecular formula is C19H18N2O2S. The lowest BCUT2D eigenvalue weighted by Gasteiger charge is -2.04. The van der Waals surface area contributed by atoms with Crippen LogP contribution in [0.5, 0.6) is 5.75 Å². The van der Waals surface area contributed by atoms with Crippen molar-refractivity contribution in [2.45, 2.75) is 19.9 Å². The van der Waals surface area contributed by atoms with Crippen LogP contribution in [0.4, 0.5) is 4.79 Å². The van der Waals surface area contributed by atoms with Crippen LogP contribution in [0.25, 0.3) is 0 Å². The third kappa shape index (κ3) is 4.43. The number of hydrogen-bond acceptors (Lipinski definition) is 4. The number of nitrogens with zero attached hydrogens (tertiary/aromatic N) is 1. The zero-order valence-electron chi connectivity index (χ0n) is 13.4. The molecular weight excluding hydrogens is 320 g/mol. The van der Waals surface area contributed by atoms with Crippen LogP contribution in [0.1, 0.15) is 21.1 Å². The van der Waals surface area contributed by atoms with Crippen LogP contribution < -0.4 is 10.1 Å². The zero-order chi connectivity index (χ0) is 16.8. The van der Waals surface area contributed by atoms with Gasteiger partial charge >= 0.3 is 6.09 Å². The number of rotatable bonds is 5. The highest BCUT2D eigenvalue weighted by atomic mass is 32.1. The van der Waals surface area contributed by atoms with Crippen LogP contribution in [-0.4, -0.2) is 11.1 Å². The van der Waals surface area contributed by atoms with Gasteiger partial charge in [-0.1, -0.05) is 48.5 Å². The van der Waals surface area contributed by atoms with E-state index < -0.39 is 6.09 Å². The molecule has 0 aliphatic heterocycles. The fraction of sp³-hybridized carbons (Fsp3) is 0.158. The predicted octanol–water partition coefficient (Wildman–Crippen LogP) is 4.33. The molecule has 3 rings (SSSR count). The Morgan fingerprint density at radius 1 is 1.08 bits per heavy atom. The number of ether oxygens (including phenoxy) is 1.